The molecule has 3 amide bonds. The van der Waals surface area contributed by atoms with Crippen LogP contribution < -0.4 is 15.8 Å². The van der Waals surface area contributed by atoms with Gasteiger partial charge in [-0.05, 0) is 12.1 Å². The maximum absolute atomic E-state index is 11.5. The molecule has 0 aromatic heterocycles. The summed E-state index contributed by atoms with van der Waals surface area (Å²) in [6.07, 6.45) is 0.424. The number of nitrogens with zero attached hydrogens (tertiary/aromatic N) is 1. The number of anilines is 1. The van der Waals surface area contributed by atoms with Gasteiger partial charge in [-0.3, -0.25) is 15.1 Å². The van der Waals surface area contributed by atoms with Gasteiger partial charge in [0.05, 0.1) is 11.6 Å². The fraction of sp³-hybridized carbons (Fsp3) is 0.111. The highest BCUT2D eigenvalue weighted by atomic mass is 32.2. The van der Waals surface area contributed by atoms with Crippen molar-refractivity contribution in [2.75, 3.05) is 10.8 Å². The molecule has 5 nitrogen and oxygen atoms in total. The minimum absolute atomic E-state index is 0.334. The monoisotopic (exact) mass is 223 g/mol. The summed E-state index contributed by atoms with van der Waals surface area (Å²) >= 11 is 1.59. The summed E-state index contributed by atoms with van der Waals surface area (Å²) in [7, 11) is 0. The molecule has 78 valence electrons. The quantitative estimate of drug-likeness (QED) is 0.579. The maximum Gasteiger partial charge on any atom is 0.341 e. The molecule has 0 aliphatic carbocycles. The SMILES string of the molecule is O=CNNC(=O)N1CSc2ccccc21. The first-order chi connectivity index (χ1) is 7.33. The van der Waals surface area contributed by atoms with Crippen LogP contribution in [0.15, 0.2) is 29.2 Å². The Kier molecular flexibility index (Phi) is 2.77. The van der Waals surface area contributed by atoms with Gasteiger partial charge in [-0.25, -0.2) is 10.2 Å². The van der Waals surface area contributed by atoms with Crippen molar-refractivity contribution >= 4 is 29.9 Å². The first-order valence-corrected chi connectivity index (χ1v) is 5.30. The van der Waals surface area contributed by atoms with Crippen molar-refractivity contribution in [3.05, 3.63) is 24.3 Å². The number of hydrogen-bond donors (Lipinski definition) is 2. The Labute approximate surface area is 90.8 Å². The Morgan fingerprint density at radius 2 is 2.27 bits per heavy atom. The van der Waals surface area contributed by atoms with E-state index >= 15 is 0 Å². The fourth-order valence-electron chi connectivity index (χ4n) is 1.33. The molecule has 6 heteroatoms. The van der Waals surface area contributed by atoms with E-state index < -0.39 is 0 Å². The van der Waals surface area contributed by atoms with Crippen molar-refractivity contribution in [3.63, 3.8) is 0 Å². The molecular weight excluding hydrogens is 214 g/mol. The predicted molar refractivity (Wildman–Crippen MR) is 57.4 cm³/mol. The molecule has 2 rings (SSSR count). The van der Waals surface area contributed by atoms with Crippen LogP contribution in [-0.4, -0.2) is 18.3 Å². The lowest BCUT2D eigenvalue weighted by atomic mass is 10.3. The Hall–Kier alpha value is -1.69. The van der Waals surface area contributed by atoms with Crippen molar-refractivity contribution < 1.29 is 9.59 Å². The number of fused-ring (bicyclic) bond motifs is 1. The van der Waals surface area contributed by atoms with Crippen molar-refractivity contribution in [1.82, 2.24) is 10.9 Å². The highest BCUT2D eigenvalue weighted by Gasteiger charge is 2.24. The molecule has 0 saturated carbocycles. The van der Waals surface area contributed by atoms with Gasteiger partial charge in [0.1, 0.15) is 0 Å². The number of carbonyl (C=O) groups is 2. The Morgan fingerprint density at radius 1 is 1.47 bits per heavy atom. The number of urea groups is 1. The van der Waals surface area contributed by atoms with Crippen molar-refractivity contribution in [3.8, 4) is 0 Å². The molecule has 2 N–H and O–H groups in total. The molecule has 1 heterocycles. The van der Waals surface area contributed by atoms with Gasteiger partial charge >= 0.3 is 6.03 Å². The third-order valence-electron chi connectivity index (χ3n) is 1.99. The molecule has 0 radical (unpaired) electrons. The third-order valence-corrected chi connectivity index (χ3v) is 3.03. The molecule has 0 unspecified atom stereocenters. The van der Waals surface area contributed by atoms with Crippen LogP contribution in [0.4, 0.5) is 10.5 Å². The van der Waals surface area contributed by atoms with E-state index in [9.17, 15) is 9.59 Å². The van der Waals surface area contributed by atoms with Gasteiger partial charge in [-0.2, -0.15) is 0 Å². The molecule has 0 spiro atoms. The van der Waals surface area contributed by atoms with Crippen LogP contribution in [0.2, 0.25) is 0 Å². The van der Waals surface area contributed by atoms with Crippen molar-refractivity contribution in [2.24, 2.45) is 0 Å². The molecular formula is C9H9N3O2S. The Bertz CT molecular complexity index is 397. The normalized spacial score (nSPS) is 13.2. The fourth-order valence-corrected chi connectivity index (χ4v) is 2.36. The highest BCUT2D eigenvalue weighted by molar-refractivity contribution is 8.00. The molecule has 1 aromatic rings. The van der Waals surface area contributed by atoms with E-state index in [1.54, 1.807) is 16.7 Å². The molecule has 0 fully saturated rings. The number of thioether (sulfide) groups is 1. The van der Waals surface area contributed by atoms with E-state index in [1.807, 2.05) is 24.3 Å². The maximum atomic E-state index is 11.5. The van der Waals surface area contributed by atoms with Gasteiger partial charge in [0.15, 0.2) is 0 Å². The van der Waals surface area contributed by atoms with E-state index in [1.165, 1.54) is 0 Å². The standard InChI is InChI=1S/C9H9N3O2S/c13-5-10-11-9(14)12-6-15-8-4-2-1-3-7(8)12/h1-5H,6H2,(H,10,13)(H,11,14). The average molecular weight is 223 g/mol. The predicted octanol–water partition coefficient (Wildman–Crippen LogP) is 0.927. The number of nitrogens with one attached hydrogen (secondary N) is 2. The summed E-state index contributed by atoms with van der Waals surface area (Å²) in [5.41, 5.74) is 5.26. The Balaban J connectivity index is 2.13. The number of rotatable bonds is 2. The number of hydrazine groups is 1. The van der Waals surface area contributed by atoms with Crippen LogP contribution in [0.5, 0.6) is 0 Å². The highest BCUT2D eigenvalue weighted by Crippen LogP contribution is 2.37. The number of amides is 3. The Morgan fingerprint density at radius 3 is 3.07 bits per heavy atom. The number of para-hydroxylation sites is 1. The average Bonchev–Trinajstić information content (AvgIpc) is 2.69. The van der Waals surface area contributed by atoms with Gasteiger partial charge in [0, 0.05) is 4.90 Å². The number of benzene rings is 1. The second-order valence-electron chi connectivity index (χ2n) is 2.86. The zero-order valence-electron chi connectivity index (χ0n) is 7.77. The van der Waals surface area contributed by atoms with Gasteiger partial charge in [-0.15, -0.1) is 11.8 Å². The van der Waals surface area contributed by atoms with Crippen LogP contribution in [0, 0.1) is 0 Å². The minimum Gasteiger partial charge on any atom is -0.282 e. The topological polar surface area (TPSA) is 61.4 Å². The van der Waals surface area contributed by atoms with Crippen molar-refractivity contribution in [2.45, 2.75) is 4.90 Å². The van der Waals surface area contributed by atoms with Gasteiger partial charge in [-0.1, -0.05) is 12.1 Å². The van der Waals surface area contributed by atoms with E-state index in [0.29, 0.717) is 12.3 Å². The third kappa shape index (κ3) is 1.89. The summed E-state index contributed by atoms with van der Waals surface area (Å²) in [5.74, 6) is 0.561. The molecule has 1 aliphatic rings. The molecule has 1 aromatic carbocycles. The second-order valence-corrected chi connectivity index (χ2v) is 3.85. The molecule has 0 bridgehead atoms. The van der Waals surface area contributed by atoms with Crippen LogP contribution in [0.3, 0.4) is 0 Å². The van der Waals surface area contributed by atoms with Crippen LogP contribution in [0.1, 0.15) is 0 Å². The summed E-state index contributed by atoms with van der Waals surface area (Å²) in [5, 5.41) is 0. The van der Waals surface area contributed by atoms with Crippen molar-refractivity contribution in [1.29, 1.82) is 0 Å². The second kappa shape index (κ2) is 4.22. The molecule has 0 saturated heterocycles. The molecule has 0 atom stereocenters. The first kappa shape index (κ1) is 9.85. The van der Waals surface area contributed by atoms with Crippen LogP contribution in [-0.2, 0) is 4.79 Å². The van der Waals surface area contributed by atoms with Crippen LogP contribution >= 0.6 is 11.8 Å². The minimum atomic E-state index is -0.334. The zero-order valence-corrected chi connectivity index (χ0v) is 8.58. The number of hydrogen-bond acceptors (Lipinski definition) is 3. The largest absolute Gasteiger partial charge is 0.341 e. The van der Waals surface area contributed by atoms with Crippen LogP contribution in [0.25, 0.3) is 0 Å². The first-order valence-electron chi connectivity index (χ1n) is 4.31. The van der Waals surface area contributed by atoms with Gasteiger partial charge < -0.3 is 0 Å². The van der Waals surface area contributed by atoms with E-state index in [2.05, 4.69) is 10.9 Å². The summed E-state index contributed by atoms with van der Waals surface area (Å²) < 4.78 is 0. The summed E-state index contributed by atoms with van der Waals surface area (Å²) in [4.78, 5) is 24.2. The van der Waals surface area contributed by atoms with E-state index in [4.69, 9.17) is 0 Å². The number of carbonyl (C=O) groups excluding carboxylic acids is 2. The molecule has 1 aliphatic heterocycles. The summed E-state index contributed by atoms with van der Waals surface area (Å²) in [6, 6.07) is 7.30. The lowest BCUT2D eigenvalue weighted by molar-refractivity contribution is -0.110. The van der Waals surface area contributed by atoms with E-state index in [-0.39, 0.29) is 6.03 Å². The van der Waals surface area contributed by atoms with E-state index in [0.717, 1.165) is 10.6 Å². The lowest BCUT2D eigenvalue weighted by Crippen LogP contribution is -2.45. The lowest BCUT2D eigenvalue weighted by Gasteiger charge is -2.16. The zero-order chi connectivity index (χ0) is 10.7. The van der Waals surface area contributed by atoms with Gasteiger partial charge in [0.25, 0.3) is 0 Å². The van der Waals surface area contributed by atoms with Gasteiger partial charge in [0.2, 0.25) is 6.41 Å². The smallest absolute Gasteiger partial charge is 0.282 e. The summed E-state index contributed by atoms with van der Waals surface area (Å²) in [6.45, 7) is 0. The molecule has 15 heavy (non-hydrogen) atoms.